The summed E-state index contributed by atoms with van der Waals surface area (Å²) in [6, 6.07) is 7.41. The number of carbonyl (C=O) groups excluding carboxylic acids is 2. The molecule has 3 aromatic heterocycles. The zero-order chi connectivity index (χ0) is 22.1. The minimum absolute atomic E-state index is 0.0602. The fourth-order valence-electron chi connectivity index (χ4n) is 3.39. The molecule has 0 fully saturated rings. The van der Waals surface area contributed by atoms with Crippen molar-refractivity contribution in [3.8, 4) is 0 Å². The number of hydrogen-bond acceptors (Lipinski definition) is 9. The highest BCUT2D eigenvalue weighted by Crippen LogP contribution is 2.37. The molecule has 1 atom stereocenters. The Labute approximate surface area is 189 Å². The molecule has 0 aromatic carbocycles. The summed E-state index contributed by atoms with van der Waals surface area (Å²) in [6.07, 6.45) is 1.73. The van der Waals surface area contributed by atoms with Crippen LogP contribution in [-0.2, 0) is 19.1 Å². The highest BCUT2D eigenvalue weighted by molar-refractivity contribution is 7.11. The lowest BCUT2D eigenvalue weighted by Crippen LogP contribution is -2.41. The zero-order valence-electron chi connectivity index (χ0n) is 16.6. The third kappa shape index (κ3) is 3.67. The SMILES string of the molecule is CCOC(=O)C1=C(N)C(c2cccs2)C(C(=O)OC)=c2sc(=Cc3cccs3)c(=O)n21. The molecule has 31 heavy (non-hydrogen) atoms. The van der Waals surface area contributed by atoms with Crippen LogP contribution in [0.1, 0.15) is 22.6 Å². The number of thiazole rings is 1. The number of thiophene rings is 2. The standard InChI is InChI=1S/C21H18N2O5S3/c1-3-28-21(26)17-16(22)14(12-7-5-9-30-12)15(20(25)27-2)19-23(17)18(24)13(31-19)10-11-6-4-8-29-11/h4-10,14H,3,22H2,1-2H3. The summed E-state index contributed by atoms with van der Waals surface area (Å²) >= 11 is 4.00. The number of ether oxygens (including phenoxy) is 2. The Balaban J connectivity index is 2.13. The topological polar surface area (TPSA) is 101 Å². The van der Waals surface area contributed by atoms with Crippen molar-refractivity contribution in [2.45, 2.75) is 12.8 Å². The van der Waals surface area contributed by atoms with Gasteiger partial charge < -0.3 is 15.2 Å². The predicted octanol–water partition coefficient (Wildman–Crippen LogP) is 1.67. The first-order chi connectivity index (χ1) is 15.0. The van der Waals surface area contributed by atoms with Gasteiger partial charge >= 0.3 is 11.9 Å². The van der Waals surface area contributed by atoms with E-state index in [9.17, 15) is 14.4 Å². The van der Waals surface area contributed by atoms with E-state index in [1.807, 2.05) is 35.0 Å². The minimum Gasteiger partial charge on any atom is -0.466 e. The summed E-state index contributed by atoms with van der Waals surface area (Å²) in [5.74, 6) is -2.05. The average molecular weight is 475 g/mol. The molecule has 1 unspecified atom stereocenters. The molecule has 0 spiro atoms. The number of fused-ring (bicyclic) bond motifs is 1. The number of rotatable bonds is 5. The predicted molar refractivity (Wildman–Crippen MR) is 122 cm³/mol. The molecular formula is C21H18N2O5S3. The van der Waals surface area contributed by atoms with Crippen LogP contribution in [0.25, 0.3) is 17.3 Å². The Morgan fingerprint density at radius 2 is 1.94 bits per heavy atom. The maximum atomic E-state index is 13.3. The monoisotopic (exact) mass is 474 g/mol. The molecule has 1 aliphatic rings. The van der Waals surface area contributed by atoms with E-state index in [1.165, 1.54) is 34.4 Å². The van der Waals surface area contributed by atoms with Gasteiger partial charge in [0.2, 0.25) is 0 Å². The first-order valence-corrected chi connectivity index (χ1v) is 11.9. The molecule has 1 aliphatic heterocycles. The van der Waals surface area contributed by atoms with Crippen LogP contribution >= 0.6 is 34.0 Å². The molecule has 10 heteroatoms. The molecule has 0 saturated heterocycles. The van der Waals surface area contributed by atoms with E-state index < -0.39 is 23.4 Å². The molecule has 0 bridgehead atoms. The van der Waals surface area contributed by atoms with Crippen LogP contribution in [0.4, 0.5) is 0 Å². The Bertz CT molecular complexity index is 1340. The van der Waals surface area contributed by atoms with Gasteiger partial charge in [-0.1, -0.05) is 12.1 Å². The third-order valence-corrected chi connectivity index (χ3v) is 7.53. The third-order valence-electron chi connectivity index (χ3n) is 4.67. The fourth-order valence-corrected chi connectivity index (χ4v) is 6.12. The number of nitrogens with two attached hydrogens (primary N) is 1. The number of nitrogens with zero attached hydrogens (tertiary/aromatic N) is 1. The van der Waals surface area contributed by atoms with Gasteiger partial charge in [-0.15, -0.1) is 34.0 Å². The second kappa shape index (κ2) is 8.66. The van der Waals surface area contributed by atoms with Crippen molar-refractivity contribution in [1.29, 1.82) is 0 Å². The molecule has 4 rings (SSSR count). The summed E-state index contributed by atoms with van der Waals surface area (Å²) in [5.41, 5.74) is 6.26. The van der Waals surface area contributed by atoms with E-state index in [0.717, 1.165) is 21.1 Å². The van der Waals surface area contributed by atoms with Gasteiger partial charge in [-0.2, -0.15) is 0 Å². The Hall–Kier alpha value is -2.95. The van der Waals surface area contributed by atoms with Gasteiger partial charge in [0.25, 0.3) is 5.56 Å². The van der Waals surface area contributed by atoms with Crippen molar-refractivity contribution in [3.63, 3.8) is 0 Å². The molecule has 160 valence electrons. The molecule has 0 saturated carbocycles. The molecule has 4 heterocycles. The molecule has 7 nitrogen and oxygen atoms in total. The zero-order valence-corrected chi connectivity index (χ0v) is 19.1. The minimum atomic E-state index is -0.723. The number of esters is 2. The van der Waals surface area contributed by atoms with Crippen LogP contribution in [0.2, 0.25) is 0 Å². The normalized spacial score (nSPS) is 16.4. The van der Waals surface area contributed by atoms with E-state index in [-0.39, 0.29) is 23.6 Å². The van der Waals surface area contributed by atoms with Crippen LogP contribution in [0.3, 0.4) is 0 Å². The van der Waals surface area contributed by atoms with Crippen LogP contribution in [0, 0.1) is 0 Å². The van der Waals surface area contributed by atoms with Gasteiger partial charge in [-0.3, -0.25) is 9.36 Å². The molecule has 0 aliphatic carbocycles. The van der Waals surface area contributed by atoms with Gasteiger partial charge in [-0.25, -0.2) is 9.59 Å². The smallest absolute Gasteiger partial charge is 0.357 e. The van der Waals surface area contributed by atoms with Gasteiger partial charge in [0.1, 0.15) is 4.66 Å². The summed E-state index contributed by atoms with van der Waals surface area (Å²) in [4.78, 5) is 40.7. The van der Waals surface area contributed by atoms with Crippen LogP contribution in [0.5, 0.6) is 0 Å². The van der Waals surface area contributed by atoms with E-state index in [2.05, 4.69) is 0 Å². The molecule has 3 aromatic rings. The summed E-state index contributed by atoms with van der Waals surface area (Å²) in [5, 5.41) is 3.76. The van der Waals surface area contributed by atoms with Gasteiger partial charge in [0.15, 0.2) is 5.70 Å². The van der Waals surface area contributed by atoms with Gasteiger partial charge in [-0.05, 0) is 35.9 Å². The van der Waals surface area contributed by atoms with Crippen molar-refractivity contribution >= 4 is 63.3 Å². The lowest BCUT2D eigenvalue weighted by atomic mass is 9.91. The second-order valence-corrected chi connectivity index (χ2v) is 9.44. The number of carbonyl (C=O) groups is 2. The van der Waals surface area contributed by atoms with Gasteiger partial charge in [0, 0.05) is 9.75 Å². The maximum Gasteiger partial charge on any atom is 0.357 e. The number of hydrogen-bond donors (Lipinski definition) is 1. The lowest BCUT2D eigenvalue weighted by molar-refractivity contribution is -0.137. The van der Waals surface area contributed by atoms with Gasteiger partial charge in [0.05, 0.1) is 35.4 Å². The quantitative estimate of drug-likeness (QED) is 0.565. The average Bonchev–Trinajstić information content (AvgIpc) is 3.51. The largest absolute Gasteiger partial charge is 0.466 e. The van der Waals surface area contributed by atoms with Crippen molar-refractivity contribution in [3.05, 3.63) is 70.0 Å². The highest BCUT2D eigenvalue weighted by Gasteiger charge is 2.38. The second-order valence-electron chi connectivity index (χ2n) is 6.45. The van der Waals surface area contributed by atoms with Crippen molar-refractivity contribution in [2.75, 3.05) is 13.7 Å². The Morgan fingerprint density at radius 3 is 2.55 bits per heavy atom. The van der Waals surface area contributed by atoms with E-state index >= 15 is 0 Å². The highest BCUT2D eigenvalue weighted by atomic mass is 32.1. The number of allylic oxidation sites excluding steroid dienone is 1. The van der Waals surface area contributed by atoms with E-state index in [4.69, 9.17) is 15.2 Å². The number of aromatic nitrogens is 1. The first kappa shape index (κ1) is 21.3. The van der Waals surface area contributed by atoms with Crippen molar-refractivity contribution in [1.82, 2.24) is 4.57 Å². The summed E-state index contributed by atoms with van der Waals surface area (Å²) in [6.45, 7) is 1.79. The first-order valence-electron chi connectivity index (χ1n) is 9.28. The molecule has 0 radical (unpaired) electrons. The maximum absolute atomic E-state index is 13.3. The molecular weight excluding hydrogens is 456 g/mol. The lowest BCUT2D eigenvalue weighted by Gasteiger charge is -2.25. The van der Waals surface area contributed by atoms with Crippen LogP contribution in [0.15, 0.2) is 45.5 Å². The molecule has 0 amide bonds. The molecule has 2 N–H and O–H groups in total. The summed E-state index contributed by atoms with van der Waals surface area (Å²) in [7, 11) is 1.27. The number of methoxy groups -OCH3 is 1. The van der Waals surface area contributed by atoms with Crippen molar-refractivity contribution in [2.24, 2.45) is 5.73 Å². The Kier molecular flexibility index (Phi) is 5.94. The summed E-state index contributed by atoms with van der Waals surface area (Å²) < 4.78 is 12.1. The Morgan fingerprint density at radius 1 is 1.19 bits per heavy atom. The van der Waals surface area contributed by atoms with Crippen molar-refractivity contribution < 1.29 is 19.1 Å². The van der Waals surface area contributed by atoms with Crippen LogP contribution < -0.4 is 20.5 Å². The van der Waals surface area contributed by atoms with Crippen LogP contribution in [-0.4, -0.2) is 30.2 Å². The van der Waals surface area contributed by atoms with E-state index in [1.54, 1.807) is 13.0 Å². The van der Waals surface area contributed by atoms with E-state index in [0.29, 0.717) is 9.20 Å². The fraction of sp³-hybridized carbons (Fsp3) is 0.190.